The second-order valence-corrected chi connectivity index (χ2v) is 10.7. The molecule has 1 saturated heterocycles. The first-order chi connectivity index (χ1) is 18.8. The maximum Gasteiger partial charge on any atom is 0.301 e. The highest BCUT2D eigenvalue weighted by Gasteiger charge is 2.48. The minimum absolute atomic E-state index is 0.0601. The summed E-state index contributed by atoms with van der Waals surface area (Å²) in [6.07, 6.45) is 1.84. The Morgan fingerprint density at radius 1 is 1.10 bits per heavy atom. The minimum Gasteiger partial charge on any atom is -0.505 e. The predicted octanol–water partition coefficient (Wildman–Crippen LogP) is 6.24. The van der Waals surface area contributed by atoms with Gasteiger partial charge in [-0.05, 0) is 68.3 Å². The molecule has 10 heteroatoms. The van der Waals surface area contributed by atoms with Crippen molar-refractivity contribution in [2.24, 2.45) is 0 Å². The highest BCUT2D eigenvalue weighted by atomic mass is 35.5. The summed E-state index contributed by atoms with van der Waals surface area (Å²) in [6.45, 7) is 6.05. The fourth-order valence-electron chi connectivity index (χ4n) is 4.95. The monoisotopic (exact) mass is 558 g/mol. The number of rotatable bonds is 5. The van der Waals surface area contributed by atoms with Crippen molar-refractivity contribution in [3.8, 4) is 5.75 Å². The van der Waals surface area contributed by atoms with Crippen molar-refractivity contribution >= 4 is 61.4 Å². The number of hydrogen-bond acceptors (Lipinski definition) is 7. The van der Waals surface area contributed by atoms with Gasteiger partial charge in [0.1, 0.15) is 17.1 Å². The molecular formula is C29H23ClN4O4S. The molecule has 1 aliphatic heterocycles. The van der Waals surface area contributed by atoms with Crippen molar-refractivity contribution in [2.45, 2.75) is 26.8 Å². The van der Waals surface area contributed by atoms with Crippen LogP contribution in [0.15, 0.2) is 66.4 Å². The average molecular weight is 559 g/mol. The lowest BCUT2D eigenvalue weighted by molar-refractivity contribution is -0.132. The number of carbonyl (C=O) groups excluding carboxylic acids is 2. The molecule has 6 rings (SSSR count). The van der Waals surface area contributed by atoms with Crippen molar-refractivity contribution in [1.29, 1.82) is 0 Å². The third kappa shape index (κ3) is 4.05. The molecule has 0 radical (unpaired) electrons. The Balaban J connectivity index is 1.60. The number of hydrogen-bond donors (Lipinski definition) is 1. The van der Waals surface area contributed by atoms with Gasteiger partial charge in [-0.1, -0.05) is 41.1 Å². The largest absolute Gasteiger partial charge is 0.505 e. The predicted molar refractivity (Wildman–Crippen MR) is 152 cm³/mol. The van der Waals surface area contributed by atoms with E-state index >= 15 is 0 Å². The smallest absolute Gasteiger partial charge is 0.301 e. The molecular weight excluding hydrogens is 536 g/mol. The number of aliphatic hydroxyl groups is 1. The number of halogens is 1. The number of benzene rings is 2. The van der Waals surface area contributed by atoms with Gasteiger partial charge < -0.3 is 14.2 Å². The fourth-order valence-corrected chi connectivity index (χ4v) is 6.22. The number of aryl methyl sites for hydroxylation is 2. The average Bonchev–Trinajstić information content (AvgIpc) is 3.56. The Bertz CT molecular complexity index is 1840. The van der Waals surface area contributed by atoms with E-state index in [1.165, 1.54) is 16.2 Å². The van der Waals surface area contributed by atoms with Crippen LogP contribution in [0.4, 0.5) is 5.13 Å². The Kier molecular flexibility index (Phi) is 6.12. The van der Waals surface area contributed by atoms with Crippen LogP contribution in [0.1, 0.15) is 35.5 Å². The Morgan fingerprint density at radius 2 is 1.92 bits per heavy atom. The molecule has 1 atom stereocenters. The van der Waals surface area contributed by atoms with Crippen molar-refractivity contribution in [2.75, 3.05) is 11.5 Å². The van der Waals surface area contributed by atoms with Gasteiger partial charge in [0, 0.05) is 11.2 Å². The maximum absolute atomic E-state index is 13.6. The lowest BCUT2D eigenvalue weighted by Crippen LogP contribution is -2.29. The Morgan fingerprint density at radius 3 is 2.69 bits per heavy atom. The molecule has 1 aliphatic rings. The van der Waals surface area contributed by atoms with E-state index < -0.39 is 17.7 Å². The second kappa shape index (κ2) is 9.52. The van der Waals surface area contributed by atoms with Gasteiger partial charge in [0.25, 0.3) is 5.78 Å². The third-order valence-corrected chi connectivity index (χ3v) is 8.04. The lowest BCUT2D eigenvalue weighted by Gasteiger charge is -2.23. The van der Waals surface area contributed by atoms with Gasteiger partial charge in [-0.15, -0.1) is 0 Å². The molecule has 0 saturated carbocycles. The quantitative estimate of drug-likeness (QED) is 0.156. The van der Waals surface area contributed by atoms with E-state index in [1.807, 2.05) is 43.5 Å². The number of fused-ring (bicyclic) bond motifs is 2. The van der Waals surface area contributed by atoms with Crippen molar-refractivity contribution in [1.82, 2.24) is 14.4 Å². The van der Waals surface area contributed by atoms with E-state index in [9.17, 15) is 14.7 Å². The number of ether oxygens (including phenoxy) is 1. The molecule has 1 N–H and O–H groups in total. The van der Waals surface area contributed by atoms with Crippen molar-refractivity contribution in [3.05, 3.63) is 93.9 Å². The summed E-state index contributed by atoms with van der Waals surface area (Å²) in [7, 11) is 0. The van der Waals surface area contributed by atoms with Crippen LogP contribution in [0.3, 0.4) is 0 Å². The van der Waals surface area contributed by atoms with Crippen LogP contribution in [-0.4, -0.2) is 37.8 Å². The summed E-state index contributed by atoms with van der Waals surface area (Å²) < 4.78 is 8.33. The number of Topliss-reactive ketones (excluding diaryl/α,β-unsaturated/α-hetero) is 1. The maximum atomic E-state index is 13.6. The molecule has 4 heterocycles. The van der Waals surface area contributed by atoms with Gasteiger partial charge in [0.05, 0.1) is 34.1 Å². The molecule has 1 amide bonds. The molecule has 1 fully saturated rings. The van der Waals surface area contributed by atoms with E-state index in [2.05, 4.69) is 9.97 Å². The molecule has 3 aromatic heterocycles. The Hall–Kier alpha value is -4.21. The first-order valence-corrected chi connectivity index (χ1v) is 13.5. The number of amides is 1. The zero-order chi connectivity index (χ0) is 27.4. The number of carbonyl (C=O) groups is 2. The second-order valence-electron chi connectivity index (χ2n) is 9.21. The number of imidazole rings is 1. The van der Waals surface area contributed by atoms with Gasteiger partial charge in [-0.3, -0.25) is 14.5 Å². The minimum atomic E-state index is -0.952. The molecule has 196 valence electrons. The highest BCUT2D eigenvalue weighted by molar-refractivity contribution is 7.22. The van der Waals surface area contributed by atoms with Crippen LogP contribution in [0.5, 0.6) is 5.75 Å². The van der Waals surface area contributed by atoms with Crippen LogP contribution < -0.4 is 9.64 Å². The molecule has 8 nitrogen and oxygen atoms in total. The van der Waals surface area contributed by atoms with E-state index in [-0.39, 0.29) is 17.0 Å². The van der Waals surface area contributed by atoms with Crippen LogP contribution in [0.25, 0.3) is 21.6 Å². The van der Waals surface area contributed by atoms with E-state index in [0.717, 1.165) is 10.3 Å². The molecule has 0 spiro atoms. The van der Waals surface area contributed by atoms with E-state index in [0.29, 0.717) is 44.9 Å². The van der Waals surface area contributed by atoms with E-state index in [4.69, 9.17) is 16.3 Å². The number of thiazole rings is 1. The van der Waals surface area contributed by atoms with Gasteiger partial charge in [0.2, 0.25) is 0 Å². The third-order valence-electron chi connectivity index (χ3n) is 6.78. The van der Waals surface area contributed by atoms with Gasteiger partial charge >= 0.3 is 5.91 Å². The molecule has 39 heavy (non-hydrogen) atoms. The summed E-state index contributed by atoms with van der Waals surface area (Å²) in [5.41, 5.74) is 3.64. The van der Waals surface area contributed by atoms with Crippen molar-refractivity contribution < 1.29 is 19.4 Å². The fraction of sp³-hybridized carbons (Fsp3) is 0.172. The lowest BCUT2D eigenvalue weighted by atomic mass is 9.96. The summed E-state index contributed by atoms with van der Waals surface area (Å²) >= 11 is 7.43. The van der Waals surface area contributed by atoms with Crippen molar-refractivity contribution in [3.63, 3.8) is 0 Å². The highest BCUT2D eigenvalue weighted by Crippen LogP contribution is 2.45. The zero-order valence-electron chi connectivity index (χ0n) is 21.3. The summed E-state index contributed by atoms with van der Waals surface area (Å²) in [5.74, 6) is -1.36. The normalized spacial score (nSPS) is 17.0. The standard InChI is InChI=1S/C29H23ClN4O4S/c1-4-38-19-9-5-8-17(13-19)24-22(25(35)23-16(3)33-12-6-7-15(2)27(33)32-23)26(36)28(37)34(24)29-31-20-11-10-18(30)14-21(20)39-29/h5-14,24,35H,4H2,1-3H3/b25-22+. The molecule has 0 aliphatic carbocycles. The molecule has 5 aromatic rings. The molecule has 1 unspecified atom stereocenters. The number of ketones is 1. The number of pyridine rings is 1. The number of aliphatic hydroxyl groups excluding tert-OH is 1. The first kappa shape index (κ1) is 25.1. The van der Waals surface area contributed by atoms with Crippen LogP contribution >= 0.6 is 22.9 Å². The van der Waals surface area contributed by atoms with Gasteiger partial charge in [-0.25, -0.2) is 9.97 Å². The van der Waals surface area contributed by atoms with Crippen LogP contribution in [0.2, 0.25) is 5.02 Å². The van der Waals surface area contributed by atoms with E-state index in [1.54, 1.807) is 42.5 Å². The Labute approximate surface area is 232 Å². The molecule has 0 bridgehead atoms. The SMILES string of the molecule is CCOc1cccc(C2/C(=C(\O)c3nc4c(C)cccn4c3C)C(=O)C(=O)N2c2nc3ccc(Cl)cc3s2)c1. The summed E-state index contributed by atoms with van der Waals surface area (Å²) in [6, 6.07) is 15.3. The number of aromatic nitrogens is 3. The molecule has 2 aromatic carbocycles. The van der Waals surface area contributed by atoms with Gasteiger partial charge in [-0.2, -0.15) is 0 Å². The summed E-state index contributed by atoms with van der Waals surface area (Å²) in [5, 5.41) is 12.5. The van der Waals surface area contributed by atoms with Gasteiger partial charge in [0.15, 0.2) is 10.9 Å². The zero-order valence-corrected chi connectivity index (χ0v) is 22.9. The topological polar surface area (TPSA) is 97.0 Å². The first-order valence-electron chi connectivity index (χ1n) is 12.3. The summed E-state index contributed by atoms with van der Waals surface area (Å²) in [4.78, 5) is 37.9. The number of anilines is 1. The number of nitrogens with zero attached hydrogens (tertiary/aromatic N) is 4. The van der Waals surface area contributed by atoms with Crippen LogP contribution in [-0.2, 0) is 9.59 Å². The van der Waals surface area contributed by atoms with Crippen LogP contribution in [0, 0.1) is 13.8 Å².